The number of halogens is 12. The lowest BCUT2D eigenvalue weighted by molar-refractivity contribution is -0.467. The van der Waals surface area contributed by atoms with Gasteiger partial charge >= 0.3 is 42.7 Å². The molecule has 0 aliphatic carbocycles. The van der Waals surface area contributed by atoms with Crippen LogP contribution in [0.1, 0.15) is 160 Å². The summed E-state index contributed by atoms with van der Waals surface area (Å²) in [5, 5.41) is 15.6. The number of anilines is 2. The summed E-state index contributed by atoms with van der Waals surface area (Å²) in [6.07, 6.45) is -1.66. The van der Waals surface area contributed by atoms with E-state index in [1.54, 1.807) is 27.7 Å². The second kappa shape index (κ2) is 28.8. The smallest absolute Gasteiger partial charge is 0.332 e. The van der Waals surface area contributed by atoms with E-state index in [9.17, 15) is 62.3 Å². The van der Waals surface area contributed by atoms with Crippen molar-refractivity contribution < 1.29 is 67.3 Å². The number of nitrogens with one attached hydrogen (secondary N) is 7. The van der Waals surface area contributed by atoms with Gasteiger partial charge in [-0.1, -0.05) is 131 Å². The van der Waals surface area contributed by atoms with E-state index in [1.165, 1.54) is 70.6 Å². The van der Waals surface area contributed by atoms with Crippen molar-refractivity contribution >= 4 is 29.4 Å². The summed E-state index contributed by atoms with van der Waals surface area (Å²) in [5.74, 6) is -0.346. The molecule has 0 radical (unpaired) electrons. The number of hydrogen-bond acceptors (Lipinski definition) is 2. The Morgan fingerprint density at radius 1 is 0.471 bits per heavy atom. The van der Waals surface area contributed by atoms with E-state index in [2.05, 4.69) is 43.8 Å². The lowest BCUT2D eigenvalue weighted by atomic mass is 10.0. The van der Waals surface area contributed by atoms with Crippen LogP contribution < -0.4 is 36.9 Å². The molecule has 2 aromatic carbocycles. The van der Waals surface area contributed by atoms with Crippen molar-refractivity contribution in [3.8, 4) is 0 Å². The number of unbranched alkanes of at least 4 members (excludes halogenated alkanes) is 15. The highest BCUT2D eigenvalue weighted by Gasteiger charge is 2.38. The van der Waals surface area contributed by atoms with Gasteiger partial charge in [-0.2, -0.15) is 52.7 Å². The monoisotopic (exact) mass is 993 g/mol. The number of rotatable bonds is 27. The SMILES string of the molecule is CCCCCCCCCCCCCCCCCCNC(NC[C@@H](NC(=O)Nc1cc(C(F)(F)F)cc(C(F)(F)F)c1)C(C)C)=[NH+]C[C@@H](NC(=O)Nc1cc(C(F)(F)F)cc(C(F)(F)F)c1)C(C)C. The van der Waals surface area contributed by atoms with Gasteiger partial charge in [-0.3, -0.25) is 15.6 Å². The minimum absolute atomic E-state index is 0.0207. The minimum Gasteiger partial charge on any atom is -0.332 e. The van der Waals surface area contributed by atoms with Crippen LogP contribution in [-0.4, -0.2) is 49.7 Å². The van der Waals surface area contributed by atoms with Gasteiger partial charge in [0.25, 0.3) is 0 Å². The van der Waals surface area contributed by atoms with E-state index in [4.69, 9.17) is 0 Å². The molecule has 388 valence electrons. The fraction of sp³-hybridized carbons (Fsp3) is 0.681. The van der Waals surface area contributed by atoms with Crippen molar-refractivity contribution in [2.24, 2.45) is 11.8 Å². The molecule has 4 amide bonds. The van der Waals surface area contributed by atoms with E-state index >= 15 is 0 Å². The number of hydrogen-bond donors (Lipinski definition) is 7. The van der Waals surface area contributed by atoms with Crippen LogP contribution in [0.4, 0.5) is 73.6 Å². The van der Waals surface area contributed by atoms with Gasteiger partial charge in [0.15, 0.2) is 0 Å². The molecule has 0 aliphatic heterocycles. The van der Waals surface area contributed by atoms with Gasteiger partial charge in [-0.15, -0.1) is 0 Å². The Balaban J connectivity index is 2.13. The molecule has 0 bridgehead atoms. The number of alkyl halides is 12. The molecule has 0 aliphatic rings. The first-order valence-corrected chi connectivity index (χ1v) is 23.5. The third-order valence-corrected chi connectivity index (χ3v) is 11.3. The minimum atomic E-state index is -5.13. The average Bonchev–Trinajstić information content (AvgIpc) is 3.22. The van der Waals surface area contributed by atoms with Crippen LogP contribution in [0.5, 0.6) is 0 Å². The van der Waals surface area contributed by atoms with Crippen molar-refractivity contribution in [2.75, 3.05) is 30.3 Å². The van der Waals surface area contributed by atoms with Crippen LogP contribution in [0.2, 0.25) is 0 Å². The first kappa shape index (κ1) is 59.5. The van der Waals surface area contributed by atoms with E-state index in [-0.39, 0.29) is 37.1 Å². The maximum atomic E-state index is 13.4. The summed E-state index contributed by atoms with van der Waals surface area (Å²) in [5.41, 5.74) is -7.90. The fourth-order valence-electron chi connectivity index (χ4n) is 7.13. The highest BCUT2D eigenvalue weighted by molar-refractivity contribution is 5.90. The molecule has 2 rings (SSSR count). The summed E-state index contributed by atoms with van der Waals surface area (Å²) in [7, 11) is 0. The van der Waals surface area contributed by atoms with Crippen molar-refractivity contribution in [3.05, 3.63) is 58.7 Å². The number of amides is 4. The Hall–Kier alpha value is -4.59. The molecule has 2 atom stereocenters. The van der Waals surface area contributed by atoms with Gasteiger partial charge in [0.05, 0.1) is 54.0 Å². The zero-order valence-corrected chi connectivity index (χ0v) is 39.6. The summed E-state index contributed by atoms with van der Waals surface area (Å²) in [6, 6.07) is -2.25. The van der Waals surface area contributed by atoms with E-state index < -0.39 is 82.5 Å². The molecular formula is C47H70F12N7O2+. The van der Waals surface area contributed by atoms with Crippen molar-refractivity contribution in [1.29, 1.82) is 0 Å². The number of carbonyl (C=O) groups excluding carboxylic acids is 2. The Bertz CT molecular complexity index is 1770. The number of carbonyl (C=O) groups is 2. The second-order valence-electron chi connectivity index (χ2n) is 17.9. The predicted octanol–water partition coefficient (Wildman–Crippen LogP) is 12.6. The first-order valence-electron chi connectivity index (χ1n) is 23.5. The van der Waals surface area contributed by atoms with Gasteiger partial charge in [0.2, 0.25) is 0 Å². The lowest BCUT2D eigenvalue weighted by Crippen LogP contribution is -2.83. The van der Waals surface area contributed by atoms with Crippen LogP contribution in [0.3, 0.4) is 0 Å². The maximum absolute atomic E-state index is 13.4. The molecule has 68 heavy (non-hydrogen) atoms. The Morgan fingerprint density at radius 3 is 1.12 bits per heavy atom. The van der Waals surface area contributed by atoms with Crippen LogP contribution in [0.25, 0.3) is 0 Å². The van der Waals surface area contributed by atoms with Gasteiger partial charge in [0.1, 0.15) is 0 Å². The van der Waals surface area contributed by atoms with Crippen LogP contribution in [0, 0.1) is 11.8 Å². The summed E-state index contributed by atoms with van der Waals surface area (Å²) >= 11 is 0. The quantitative estimate of drug-likeness (QED) is 0.0209. The van der Waals surface area contributed by atoms with Crippen molar-refractivity contribution in [2.45, 2.75) is 174 Å². The molecular weight excluding hydrogens is 923 g/mol. The summed E-state index contributed by atoms with van der Waals surface area (Å²) in [4.78, 5) is 29.1. The first-order chi connectivity index (χ1) is 31.7. The Labute approximate surface area is 392 Å². The molecule has 0 saturated carbocycles. The lowest BCUT2D eigenvalue weighted by Gasteiger charge is -2.23. The van der Waals surface area contributed by atoms with Gasteiger partial charge in [-0.05, 0) is 54.7 Å². The van der Waals surface area contributed by atoms with Crippen LogP contribution >= 0.6 is 0 Å². The average molecular weight is 993 g/mol. The molecule has 0 saturated heterocycles. The van der Waals surface area contributed by atoms with Gasteiger partial charge in [-0.25, -0.2) is 9.59 Å². The standard InChI is InChI=1S/C47H69F12N7O2/c1-6-7-8-9-10-11-12-13-14-15-16-17-18-19-20-21-22-60-41(61-29-39(31(2)3)65-42(67)63-37-25-33(44(48,49)50)23-34(26-37)45(51,52)53)62-30-40(32(4)5)66-43(68)64-38-27-35(46(54,55)56)24-36(28-38)47(57,58)59/h23-28,31-32,39-40H,6-22,29-30H2,1-5H3,(H2,60,61,62)(H2,63,65,67)(H2,64,66,68)/p+1/t39-,40-/m1/s1. The summed E-state index contributed by atoms with van der Waals surface area (Å²) < 4.78 is 161. The van der Waals surface area contributed by atoms with Gasteiger partial charge < -0.3 is 21.3 Å². The third kappa shape index (κ3) is 24.1. The molecule has 0 aromatic heterocycles. The van der Waals surface area contributed by atoms with E-state index in [1.807, 2.05) is 0 Å². The van der Waals surface area contributed by atoms with E-state index in [0.717, 1.165) is 32.1 Å². The van der Waals surface area contributed by atoms with Gasteiger partial charge in [0, 0.05) is 11.4 Å². The van der Waals surface area contributed by atoms with Crippen molar-refractivity contribution in [1.82, 2.24) is 21.3 Å². The van der Waals surface area contributed by atoms with Crippen molar-refractivity contribution in [3.63, 3.8) is 0 Å². The molecule has 0 heterocycles. The number of guanidine groups is 1. The zero-order chi connectivity index (χ0) is 51.1. The predicted molar refractivity (Wildman–Crippen MR) is 241 cm³/mol. The van der Waals surface area contributed by atoms with Crippen LogP contribution in [-0.2, 0) is 24.7 Å². The molecule has 0 spiro atoms. The summed E-state index contributed by atoms with van der Waals surface area (Å²) in [6.45, 7) is 9.50. The molecule has 21 heteroatoms. The molecule has 9 nitrogen and oxygen atoms in total. The number of urea groups is 2. The van der Waals surface area contributed by atoms with Crippen LogP contribution in [0.15, 0.2) is 36.4 Å². The highest BCUT2D eigenvalue weighted by Crippen LogP contribution is 2.39. The normalized spacial score (nSPS) is 13.7. The Morgan fingerprint density at radius 2 is 0.794 bits per heavy atom. The molecule has 7 N–H and O–H groups in total. The second-order valence-corrected chi connectivity index (χ2v) is 17.9. The third-order valence-electron chi connectivity index (χ3n) is 11.3. The van der Waals surface area contributed by atoms with E-state index in [0.29, 0.717) is 36.8 Å². The number of benzene rings is 2. The largest absolute Gasteiger partial charge is 0.416 e. The Kier molecular flexibility index (Phi) is 25.2. The molecule has 0 fully saturated rings. The highest BCUT2D eigenvalue weighted by atomic mass is 19.4. The topological polar surface area (TPSA) is 120 Å². The maximum Gasteiger partial charge on any atom is 0.416 e. The fourth-order valence-corrected chi connectivity index (χ4v) is 7.13. The zero-order valence-electron chi connectivity index (χ0n) is 39.6. The molecule has 0 unspecified atom stereocenters. The molecule has 2 aromatic rings.